The van der Waals surface area contributed by atoms with E-state index in [0.717, 1.165) is 22.9 Å². The van der Waals surface area contributed by atoms with Gasteiger partial charge in [0.15, 0.2) is 6.61 Å². The van der Waals surface area contributed by atoms with E-state index in [1.165, 1.54) is 10.5 Å². The summed E-state index contributed by atoms with van der Waals surface area (Å²) in [5.41, 5.74) is 1.21. The summed E-state index contributed by atoms with van der Waals surface area (Å²) in [7, 11) is 0. The van der Waals surface area contributed by atoms with Crippen molar-refractivity contribution in [1.29, 1.82) is 0 Å². The highest BCUT2D eigenvalue weighted by Crippen LogP contribution is 2.35. The van der Waals surface area contributed by atoms with Gasteiger partial charge in [0, 0.05) is 10.6 Å². The molecule has 1 aliphatic heterocycles. The average molecular weight is 349 g/mol. The SMILES string of the molecule is O=C(COc1ccc2ccccc2c1)NC1CCSc2ccccc21. The highest BCUT2D eigenvalue weighted by molar-refractivity contribution is 7.99. The summed E-state index contributed by atoms with van der Waals surface area (Å²) >= 11 is 1.85. The molecule has 0 radical (unpaired) electrons. The fourth-order valence-electron chi connectivity index (χ4n) is 3.13. The van der Waals surface area contributed by atoms with E-state index in [4.69, 9.17) is 4.74 Å². The van der Waals surface area contributed by atoms with Crippen LogP contribution in [-0.2, 0) is 4.79 Å². The average Bonchev–Trinajstić information content (AvgIpc) is 2.66. The lowest BCUT2D eigenvalue weighted by Gasteiger charge is -2.25. The third kappa shape index (κ3) is 3.64. The maximum Gasteiger partial charge on any atom is 0.258 e. The first kappa shape index (κ1) is 16.0. The van der Waals surface area contributed by atoms with Crippen molar-refractivity contribution in [3.8, 4) is 5.75 Å². The highest BCUT2D eigenvalue weighted by Gasteiger charge is 2.21. The van der Waals surface area contributed by atoms with Gasteiger partial charge < -0.3 is 10.1 Å². The number of thioether (sulfide) groups is 1. The number of nitrogens with one attached hydrogen (secondary N) is 1. The van der Waals surface area contributed by atoms with Crippen LogP contribution >= 0.6 is 11.8 Å². The summed E-state index contributed by atoms with van der Waals surface area (Å²) < 4.78 is 5.69. The number of rotatable bonds is 4. The molecule has 1 heterocycles. The van der Waals surface area contributed by atoms with Crippen molar-refractivity contribution in [2.45, 2.75) is 17.4 Å². The molecule has 0 aromatic heterocycles. The van der Waals surface area contributed by atoms with Gasteiger partial charge in [-0.3, -0.25) is 4.79 Å². The van der Waals surface area contributed by atoms with E-state index in [0.29, 0.717) is 5.75 Å². The smallest absolute Gasteiger partial charge is 0.258 e. The van der Waals surface area contributed by atoms with E-state index in [9.17, 15) is 4.79 Å². The van der Waals surface area contributed by atoms with Gasteiger partial charge in [-0.25, -0.2) is 0 Å². The van der Waals surface area contributed by atoms with Gasteiger partial charge in [-0.05, 0) is 41.0 Å². The first-order valence-corrected chi connectivity index (χ1v) is 9.41. The lowest BCUT2D eigenvalue weighted by Crippen LogP contribution is -2.34. The zero-order valence-corrected chi connectivity index (χ0v) is 14.6. The summed E-state index contributed by atoms with van der Waals surface area (Å²) in [5.74, 6) is 1.65. The zero-order valence-electron chi connectivity index (χ0n) is 13.8. The number of benzene rings is 3. The van der Waals surface area contributed by atoms with Crippen molar-refractivity contribution in [3.63, 3.8) is 0 Å². The minimum absolute atomic E-state index is 0.0319. The van der Waals surface area contributed by atoms with E-state index in [1.807, 2.05) is 60.3 Å². The van der Waals surface area contributed by atoms with Crippen molar-refractivity contribution < 1.29 is 9.53 Å². The lowest BCUT2D eigenvalue weighted by molar-refractivity contribution is -0.123. The second kappa shape index (κ2) is 7.19. The Morgan fingerprint density at radius 3 is 2.76 bits per heavy atom. The van der Waals surface area contributed by atoms with Gasteiger partial charge in [-0.1, -0.05) is 48.5 Å². The molecular formula is C21H19NO2S. The molecule has 1 aliphatic rings. The Bertz CT molecular complexity index is 909. The Morgan fingerprint density at radius 1 is 1.04 bits per heavy atom. The molecule has 3 aromatic rings. The topological polar surface area (TPSA) is 38.3 Å². The Hall–Kier alpha value is -2.46. The van der Waals surface area contributed by atoms with Crippen molar-refractivity contribution in [2.75, 3.05) is 12.4 Å². The largest absolute Gasteiger partial charge is 0.484 e. The number of fused-ring (bicyclic) bond motifs is 2. The monoisotopic (exact) mass is 349 g/mol. The molecule has 1 atom stereocenters. The minimum Gasteiger partial charge on any atom is -0.484 e. The molecule has 0 saturated carbocycles. The van der Waals surface area contributed by atoms with Crippen LogP contribution in [0.2, 0.25) is 0 Å². The Morgan fingerprint density at radius 2 is 1.84 bits per heavy atom. The zero-order chi connectivity index (χ0) is 17.1. The van der Waals surface area contributed by atoms with Crippen molar-refractivity contribution >= 4 is 28.4 Å². The van der Waals surface area contributed by atoms with Crippen molar-refractivity contribution in [2.24, 2.45) is 0 Å². The molecule has 126 valence electrons. The van der Waals surface area contributed by atoms with Gasteiger partial charge in [0.05, 0.1) is 6.04 Å². The molecule has 4 heteroatoms. The fraction of sp³-hybridized carbons (Fsp3) is 0.190. The Balaban J connectivity index is 1.39. The third-order valence-corrected chi connectivity index (χ3v) is 5.51. The van der Waals surface area contributed by atoms with Gasteiger partial charge in [-0.2, -0.15) is 0 Å². The summed E-state index contributed by atoms with van der Waals surface area (Å²) in [4.78, 5) is 13.6. The van der Waals surface area contributed by atoms with Gasteiger partial charge in [0.1, 0.15) is 5.75 Å². The second-order valence-corrected chi connectivity index (χ2v) is 7.23. The highest BCUT2D eigenvalue weighted by atomic mass is 32.2. The number of hydrogen-bond acceptors (Lipinski definition) is 3. The third-order valence-electron chi connectivity index (χ3n) is 4.38. The van der Waals surface area contributed by atoms with Gasteiger partial charge >= 0.3 is 0 Å². The van der Waals surface area contributed by atoms with Crippen LogP contribution in [0, 0.1) is 0 Å². The molecule has 3 nitrogen and oxygen atoms in total. The Labute approximate surface area is 151 Å². The number of hydrogen-bond donors (Lipinski definition) is 1. The lowest BCUT2D eigenvalue weighted by atomic mass is 10.0. The molecule has 1 unspecified atom stereocenters. The predicted molar refractivity (Wildman–Crippen MR) is 102 cm³/mol. The maximum atomic E-state index is 12.3. The van der Waals surface area contributed by atoms with Gasteiger partial charge in [-0.15, -0.1) is 11.8 Å². The summed E-state index contributed by atoms with van der Waals surface area (Å²) in [6.07, 6.45) is 0.948. The first-order chi connectivity index (χ1) is 12.3. The number of amides is 1. The van der Waals surface area contributed by atoms with E-state index < -0.39 is 0 Å². The molecule has 3 aromatic carbocycles. The summed E-state index contributed by atoms with van der Waals surface area (Å²) in [5, 5.41) is 5.38. The summed E-state index contributed by atoms with van der Waals surface area (Å²) in [6.45, 7) is 0.0319. The molecule has 1 amide bonds. The molecule has 1 N–H and O–H groups in total. The number of carbonyl (C=O) groups excluding carboxylic acids is 1. The quantitative estimate of drug-likeness (QED) is 0.750. The van der Waals surface area contributed by atoms with Crippen LogP contribution in [-0.4, -0.2) is 18.3 Å². The molecule has 25 heavy (non-hydrogen) atoms. The molecule has 0 saturated heterocycles. The Kier molecular flexibility index (Phi) is 4.61. The van der Waals surface area contributed by atoms with E-state index >= 15 is 0 Å². The van der Waals surface area contributed by atoms with Crippen LogP contribution in [0.5, 0.6) is 5.75 Å². The van der Waals surface area contributed by atoms with E-state index in [-0.39, 0.29) is 18.6 Å². The molecule has 0 fully saturated rings. The molecule has 0 bridgehead atoms. The van der Waals surface area contributed by atoms with Crippen LogP contribution in [0.4, 0.5) is 0 Å². The normalized spacial score (nSPS) is 16.2. The van der Waals surface area contributed by atoms with Crippen LogP contribution in [0.3, 0.4) is 0 Å². The van der Waals surface area contributed by atoms with Gasteiger partial charge in [0.25, 0.3) is 5.91 Å². The van der Waals surface area contributed by atoms with Crippen LogP contribution < -0.4 is 10.1 Å². The molecule has 0 spiro atoms. The number of ether oxygens (including phenoxy) is 1. The maximum absolute atomic E-state index is 12.3. The van der Waals surface area contributed by atoms with Crippen LogP contribution in [0.15, 0.2) is 71.6 Å². The molecular weight excluding hydrogens is 330 g/mol. The standard InChI is InChI=1S/C21H19NO2S/c23-21(22-19-11-12-25-20-8-4-3-7-18(19)20)14-24-17-10-9-15-5-1-2-6-16(15)13-17/h1-10,13,19H,11-12,14H2,(H,22,23). The summed E-state index contributed by atoms with van der Waals surface area (Å²) in [6, 6.07) is 22.3. The molecule has 0 aliphatic carbocycles. The van der Waals surface area contributed by atoms with Crippen LogP contribution in [0.25, 0.3) is 10.8 Å². The van der Waals surface area contributed by atoms with E-state index in [2.05, 4.69) is 23.5 Å². The number of carbonyl (C=O) groups is 1. The van der Waals surface area contributed by atoms with E-state index in [1.54, 1.807) is 0 Å². The van der Waals surface area contributed by atoms with Crippen LogP contribution in [0.1, 0.15) is 18.0 Å². The van der Waals surface area contributed by atoms with Gasteiger partial charge in [0.2, 0.25) is 0 Å². The van der Waals surface area contributed by atoms with Crippen molar-refractivity contribution in [1.82, 2.24) is 5.32 Å². The molecule has 4 rings (SSSR count). The second-order valence-electron chi connectivity index (χ2n) is 6.09. The predicted octanol–water partition coefficient (Wildman–Crippen LogP) is 4.57. The van der Waals surface area contributed by atoms with Crippen molar-refractivity contribution in [3.05, 3.63) is 72.3 Å². The minimum atomic E-state index is -0.0835. The first-order valence-electron chi connectivity index (χ1n) is 8.42. The fourth-order valence-corrected chi connectivity index (χ4v) is 4.26.